The molecular formula is C13H11BrClN3. The van der Waals surface area contributed by atoms with Crippen molar-refractivity contribution in [1.82, 2.24) is 9.97 Å². The van der Waals surface area contributed by atoms with E-state index in [1.54, 1.807) is 6.08 Å². The summed E-state index contributed by atoms with van der Waals surface area (Å²) in [5.74, 6) is 0.706. The smallest absolute Gasteiger partial charge is 0.138 e. The molecule has 92 valence electrons. The van der Waals surface area contributed by atoms with Crippen LogP contribution in [0.5, 0.6) is 0 Å². The van der Waals surface area contributed by atoms with Gasteiger partial charge in [-0.05, 0) is 30.7 Å². The van der Waals surface area contributed by atoms with Crippen molar-refractivity contribution in [3.8, 4) is 0 Å². The zero-order chi connectivity index (χ0) is 13.0. The Morgan fingerprint density at radius 3 is 2.67 bits per heavy atom. The van der Waals surface area contributed by atoms with E-state index in [0.29, 0.717) is 17.4 Å². The van der Waals surface area contributed by atoms with Gasteiger partial charge in [-0.15, -0.1) is 6.58 Å². The van der Waals surface area contributed by atoms with E-state index in [2.05, 4.69) is 37.8 Å². The number of halogens is 2. The van der Waals surface area contributed by atoms with Crippen LogP contribution in [0, 0.1) is 0 Å². The number of aromatic nitrogens is 2. The highest BCUT2D eigenvalue weighted by Gasteiger charge is 2.08. The minimum absolute atomic E-state index is 0.449. The van der Waals surface area contributed by atoms with Gasteiger partial charge in [-0.3, -0.25) is 0 Å². The first-order valence-corrected chi connectivity index (χ1v) is 6.50. The van der Waals surface area contributed by atoms with Gasteiger partial charge in [0.2, 0.25) is 0 Å². The fourth-order valence-electron chi connectivity index (χ4n) is 1.49. The maximum Gasteiger partial charge on any atom is 0.138 e. The van der Waals surface area contributed by atoms with E-state index >= 15 is 0 Å². The van der Waals surface area contributed by atoms with Gasteiger partial charge in [0.1, 0.15) is 17.3 Å². The summed E-state index contributed by atoms with van der Waals surface area (Å²) in [4.78, 5) is 8.18. The molecule has 2 aromatic rings. The summed E-state index contributed by atoms with van der Waals surface area (Å²) in [5.41, 5.74) is 1.79. The van der Waals surface area contributed by atoms with Crippen LogP contribution in [0.3, 0.4) is 0 Å². The van der Waals surface area contributed by atoms with Crippen LogP contribution in [-0.4, -0.2) is 9.97 Å². The molecule has 0 amide bonds. The van der Waals surface area contributed by atoms with Crippen molar-refractivity contribution in [2.75, 3.05) is 5.32 Å². The molecule has 0 saturated carbocycles. The Labute approximate surface area is 119 Å². The SMILES string of the molecule is C=CCc1c(Cl)ncnc1Nc1ccc(Br)cc1. The average molecular weight is 325 g/mol. The molecule has 0 aliphatic carbocycles. The van der Waals surface area contributed by atoms with Gasteiger partial charge in [0.05, 0.1) is 0 Å². The largest absolute Gasteiger partial charge is 0.340 e. The highest BCUT2D eigenvalue weighted by atomic mass is 79.9. The lowest BCUT2D eigenvalue weighted by molar-refractivity contribution is 1.10. The zero-order valence-electron chi connectivity index (χ0n) is 9.53. The van der Waals surface area contributed by atoms with Crippen LogP contribution in [0.25, 0.3) is 0 Å². The van der Waals surface area contributed by atoms with E-state index in [4.69, 9.17) is 11.6 Å². The molecule has 3 nitrogen and oxygen atoms in total. The second-order valence-electron chi connectivity index (χ2n) is 3.62. The predicted molar refractivity (Wildman–Crippen MR) is 78.4 cm³/mol. The number of benzene rings is 1. The van der Waals surface area contributed by atoms with Gasteiger partial charge in [0, 0.05) is 15.7 Å². The third-order valence-corrected chi connectivity index (χ3v) is 3.20. The summed E-state index contributed by atoms with van der Waals surface area (Å²) >= 11 is 9.45. The Balaban J connectivity index is 2.30. The molecule has 1 heterocycles. The summed E-state index contributed by atoms with van der Waals surface area (Å²) in [6, 6.07) is 7.83. The minimum Gasteiger partial charge on any atom is -0.340 e. The number of rotatable bonds is 4. The maximum absolute atomic E-state index is 6.05. The van der Waals surface area contributed by atoms with Crippen molar-refractivity contribution >= 4 is 39.0 Å². The second-order valence-corrected chi connectivity index (χ2v) is 4.89. The molecule has 1 aromatic carbocycles. The molecule has 2 rings (SSSR count). The summed E-state index contributed by atoms with van der Waals surface area (Å²) < 4.78 is 1.03. The Kier molecular flexibility index (Phi) is 4.33. The molecule has 0 bridgehead atoms. The van der Waals surface area contributed by atoms with Crippen molar-refractivity contribution in [1.29, 1.82) is 0 Å². The maximum atomic E-state index is 6.05. The number of nitrogens with one attached hydrogen (secondary N) is 1. The summed E-state index contributed by atoms with van der Waals surface area (Å²) in [5, 5.41) is 3.67. The summed E-state index contributed by atoms with van der Waals surface area (Å²) in [7, 11) is 0. The van der Waals surface area contributed by atoms with Crippen molar-refractivity contribution in [2.24, 2.45) is 0 Å². The van der Waals surface area contributed by atoms with Crippen molar-refractivity contribution in [2.45, 2.75) is 6.42 Å². The molecule has 5 heteroatoms. The number of hydrogen-bond donors (Lipinski definition) is 1. The molecule has 0 radical (unpaired) electrons. The molecule has 18 heavy (non-hydrogen) atoms. The Bertz CT molecular complexity index is 555. The van der Waals surface area contributed by atoms with Gasteiger partial charge in [0.25, 0.3) is 0 Å². The Hall–Kier alpha value is -1.39. The van der Waals surface area contributed by atoms with Crippen LogP contribution in [-0.2, 0) is 6.42 Å². The fourth-order valence-corrected chi connectivity index (χ4v) is 1.97. The number of hydrogen-bond acceptors (Lipinski definition) is 3. The highest BCUT2D eigenvalue weighted by Crippen LogP contribution is 2.24. The number of nitrogens with zero attached hydrogens (tertiary/aromatic N) is 2. The molecule has 0 fully saturated rings. The molecule has 1 N–H and O–H groups in total. The molecule has 0 spiro atoms. The predicted octanol–water partition coefficient (Wildman–Crippen LogP) is 4.36. The normalized spacial score (nSPS) is 10.1. The first-order valence-electron chi connectivity index (χ1n) is 5.33. The van der Waals surface area contributed by atoms with E-state index in [0.717, 1.165) is 15.7 Å². The van der Waals surface area contributed by atoms with Crippen molar-refractivity contribution in [3.05, 3.63) is 58.4 Å². The topological polar surface area (TPSA) is 37.8 Å². The lowest BCUT2D eigenvalue weighted by Crippen LogP contribution is -2.00. The van der Waals surface area contributed by atoms with Crippen molar-refractivity contribution < 1.29 is 0 Å². The molecule has 1 aromatic heterocycles. The molecule has 0 saturated heterocycles. The Morgan fingerprint density at radius 1 is 1.28 bits per heavy atom. The number of anilines is 2. The van der Waals surface area contributed by atoms with Crippen LogP contribution in [0.4, 0.5) is 11.5 Å². The van der Waals surface area contributed by atoms with Gasteiger partial charge in [-0.1, -0.05) is 33.6 Å². The second kappa shape index (κ2) is 5.98. The molecular weight excluding hydrogens is 314 g/mol. The van der Waals surface area contributed by atoms with E-state index in [-0.39, 0.29) is 0 Å². The average Bonchev–Trinajstić information content (AvgIpc) is 2.36. The molecule has 0 aliphatic heterocycles. The van der Waals surface area contributed by atoms with Gasteiger partial charge in [0.15, 0.2) is 0 Å². The van der Waals surface area contributed by atoms with Crippen LogP contribution in [0.15, 0.2) is 47.7 Å². The first-order chi connectivity index (χ1) is 8.70. The quantitative estimate of drug-likeness (QED) is 0.670. The lowest BCUT2D eigenvalue weighted by Gasteiger charge is -2.10. The van der Waals surface area contributed by atoms with Crippen molar-refractivity contribution in [3.63, 3.8) is 0 Å². The van der Waals surface area contributed by atoms with Crippen LogP contribution in [0.2, 0.25) is 5.15 Å². The highest BCUT2D eigenvalue weighted by molar-refractivity contribution is 9.10. The third-order valence-electron chi connectivity index (χ3n) is 2.35. The third kappa shape index (κ3) is 3.09. The van der Waals surface area contributed by atoms with Gasteiger partial charge in [-0.2, -0.15) is 0 Å². The van der Waals surface area contributed by atoms with E-state index in [9.17, 15) is 0 Å². The summed E-state index contributed by atoms with van der Waals surface area (Å²) in [6.45, 7) is 3.71. The van der Waals surface area contributed by atoms with E-state index < -0.39 is 0 Å². The monoisotopic (exact) mass is 323 g/mol. The van der Waals surface area contributed by atoms with Crippen LogP contribution < -0.4 is 5.32 Å². The van der Waals surface area contributed by atoms with E-state index in [1.165, 1.54) is 6.33 Å². The summed E-state index contributed by atoms with van der Waals surface area (Å²) in [6.07, 6.45) is 3.84. The molecule has 0 unspecified atom stereocenters. The fraction of sp³-hybridized carbons (Fsp3) is 0.0769. The standard InChI is InChI=1S/C13H11BrClN3/c1-2-3-11-12(15)16-8-17-13(11)18-10-6-4-9(14)5-7-10/h2,4-8H,1,3H2,(H,16,17,18). The molecule has 0 aliphatic rings. The molecule has 0 atom stereocenters. The lowest BCUT2D eigenvalue weighted by atomic mass is 10.2. The first kappa shape index (κ1) is 13.1. The van der Waals surface area contributed by atoms with Gasteiger partial charge < -0.3 is 5.32 Å². The van der Waals surface area contributed by atoms with E-state index in [1.807, 2.05) is 24.3 Å². The Morgan fingerprint density at radius 2 is 2.00 bits per heavy atom. The van der Waals surface area contributed by atoms with Crippen LogP contribution in [0.1, 0.15) is 5.56 Å². The zero-order valence-corrected chi connectivity index (χ0v) is 11.9. The van der Waals surface area contributed by atoms with Gasteiger partial charge >= 0.3 is 0 Å². The number of allylic oxidation sites excluding steroid dienone is 1. The van der Waals surface area contributed by atoms with Crippen LogP contribution >= 0.6 is 27.5 Å². The minimum atomic E-state index is 0.449. The van der Waals surface area contributed by atoms with Gasteiger partial charge in [-0.25, -0.2) is 9.97 Å².